The predicted octanol–water partition coefficient (Wildman–Crippen LogP) is 2.39. The van der Waals surface area contributed by atoms with Crippen LogP contribution in [0.5, 0.6) is 0 Å². The molecule has 0 saturated heterocycles. The zero-order valence-corrected chi connectivity index (χ0v) is 10.9. The van der Waals surface area contributed by atoms with Gasteiger partial charge in [0, 0.05) is 12.2 Å². The maximum Gasteiger partial charge on any atom is 0.0910 e. The van der Waals surface area contributed by atoms with E-state index in [0.717, 1.165) is 25.0 Å². The van der Waals surface area contributed by atoms with Crippen molar-refractivity contribution in [3.63, 3.8) is 0 Å². The van der Waals surface area contributed by atoms with Crippen molar-refractivity contribution in [2.24, 2.45) is 5.73 Å². The smallest absolute Gasteiger partial charge is 0.0910 e. The molecule has 2 saturated carbocycles. The number of rotatable bonds is 4. The van der Waals surface area contributed by atoms with Crippen LogP contribution in [-0.2, 0) is 11.3 Å². The maximum absolute atomic E-state index is 5.88. The molecule has 2 aliphatic carbocycles. The second-order valence-corrected chi connectivity index (χ2v) is 5.73. The summed E-state index contributed by atoms with van der Waals surface area (Å²) in [7, 11) is 0. The van der Waals surface area contributed by atoms with Crippen LogP contribution in [0.2, 0.25) is 0 Å². The minimum absolute atomic E-state index is 0.339. The summed E-state index contributed by atoms with van der Waals surface area (Å²) in [4.78, 5) is 0. The zero-order valence-electron chi connectivity index (χ0n) is 10.9. The molecule has 2 atom stereocenters. The highest BCUT2D eigenvalue weighted by molar-refractivity contribution is 4.99. The van der Waals surface area contributed by atoms with Crippen molar-refractivity contribution in [2.45, 2.75) is 69.7 Å². The summed E-state index contributed by atoms with van der Waals surface area (Å²) < 4.78 is 8.01. The number of ether oxygens (including phenoxy) is 1. The van der Waals surface area contributed by atoms with Crippen LogP contribution in [0.1, 0.15) is 56.7 Å². The van der Waals surface area contributed by atoms with Gasteiger partial charge in [0.05, 0.1) is 24.4 Å². The van der Waals surface area contributed by atoms with Crippen LogP contribution in [0.3, 0.4) is 0 Å². The van der Waals surface area contributed by atoms with Gasteiger partial charge >= 0.3 is 0 Å². The minimum atomic E-state index is 0.339. The molecule has 1 aromatic heterocycles. The van der Waals surface area contributed by atoms with Gasteiger partial charge in [-0.05, 0) is 38.2 Å². The molecular formula is C14H23N3O. The highest BCUT2D eigenvalue weighted by atomic mass is 16.5. The van der Waals surface area contributed by atoms with Crippen LogP contribution in [0.25, 0.3) is 0 Å². The van der Waals surface area contributed by atoms with Gasteiger partial charge in [-0.2, -0.15) is 5.10 Å². The lowest BCUT2D eigenvalue weighted by atomic mass is 10.3. The lowest BCUT2D eigenvalue weighted by Gasteiger charge is -2.11. The Bertz CT molecular complexity index is 384. The predicted molar refractivity (Wildman–Crippen MR) is 70.1 cm³/mol. The third kappa shape index (κ3) is 2.75. The van der Waals surface area contributed by atoms with E-state index >= 15 is 0 Å². The van der Waals surface area contributed by atoms with Gasteiger partial charge < -0.3 is 10.5 Å². The lowest BCUT2D eigenvalue weighted by molar-refractivity contribution is 0.0425. The molecule has 2 aliphatic rings. The molecule has 18 heavy (non-hydrogen) atoms. The normalized spacial score (nSPS) is 29.2. The van der Waals surface area contributed by atoms with E-state index in [4.69, 9.17) is 10.5 Å². The Morgan fingerprint density at radius 3 is 2.83 bits per heavy atom. The first-order valence-corrected chi connectivity index (χ1v) is 7.22. The van der Waals surface area contributed by atoms with Crippen molar-refractivity contribution in [3.05, 3.63) is 18.0 Å². The monoisotopic (exact) mass is 249 g/mol. The summed E-state index contributed by atoms with van der Waals surface area (Å²) in [5, 5.41) is 4.63. The maximum atomic E-state index is 5.88. The largest absolute Gasteiger partial charge is 0.372 e. The molecule has 2 unspecified atom stereocenters. The molecule has 0 radical (unpaired) electrons. The SMILES string of the molecule is NC1CCC(OCc2ccn(C3CCCC3)n2)C1. The van der Waals surface area contributed by atoms with E-state index in [2.05, 4.69) is 22.0 Å². The van der Waals surface area contributed by atoms with Gasteiger partial charge in [0.25, 0.3) is 0 Å². The summed E-state index contributed by atoms with van der Waals surface area (Å²) >= 11 is 0. The van der Waals surface area contributed by atoms with Crippen molar-refractivity contribution in [2.75, 3.05) is 0 Å². The van der Waals surface area contributed by atoms with Gasteiger partial charge in [-0.15, -0.1) is 0 Å². The Hall–Kier alpha value is -0.870. The first-order chi connectivity index (χ1) is 8.81. The van der Waals surface area contributed by atoms with Gasteiger partial charge in [-0.3, -0.25) is 4.68 Å². The average molecular weight is 249 g/mol. The zero-order chi connectivity index (χ0) is 12.4. The fourth-order valence-corrected chi connectivity index (χ4v) is 3.15. The highest BCUT2D eigenvalue weighted by Crippen LogP contribution is 2.29. The topological polar surface area (TPSA) is 53.1 Å². The summed E-state index contributed by atoms with van der Waals surface area (Å²) in [5.41, 5.74) is 6.94. The minimum Gasteiger partial charge on any atom is -0.372 e. The second-order valence-electron chi connectivity index (χ2n) is 5.73. The Labute approximate surface area is 108 Å². The molecular weight excluding hydrogens is 226 g/mol. The van der Waals surface area contributed by atoms with Gasteiger partial charge in [0.2, 0.25) is 0 Å². The number of hydrogen-bond acceptors (Lipinski definition) is 3. The fraction of sp³-hybridized carbons (Fsp3) is 0.786. The standard InChI is InChI=1S/C14H23N3O/c15-11-5-6-14(9-11)18-10-12-7-8-17(16-12)13-3-1-2-4-13/h7-8,11,13-14H,1-6,9-10,15H2. The Morgan fingerprint density at radius 1 is 1.28 bits per heavy atom. The van der Waals surface area contributed by atoms with E-state index < -0.39 is 0 Å². The average Bonchev–Trinajstić information content (AvgIpc) is 3.07. The van der Waals surface area contributed by atoms with Crippen molar-refractivity contribution in [1.29, 1.82) is 0 Å². The van der Waals surface area contributed by atoms with Gasteiger partial charge in [0.15, 0.2) is 0 Å². The third-order valence-electron chi connectivity index (χ3n) is 4.25. The highest BCUT2D eigenvalue weighted by Gasteiger charge is 2.22. The Kier molecular flexibility index (Phi) is 3.66. The van der Waals surface area contributed by atoms with Crippen molar-refractivity contribution in [1.82, 2.24) is 9.78 Å². The molecule has 3 rings (SSSR count). The molecule has 0 amide bonds. The van der Waals surface area contributed by atoms with Crippen LogP contribution in [0, 0.1) is 0 Å². The second kappa shape index (κ2) is 5.41. The van der Waals surface area contributed by atoms with Crippen molar-refractivity contribution < 1.29 is 4.74 Å². The number of nitrogens with zero attached hydrogens (tertiary/aromatic N) is 2. The van der Waals surface area contributed by atoms with Gasteiger partial charge in [-0.25, -0.2) is 0 Å². The Balaban J connectivity index is 1.50. The van der Waals surface area contributed by atoms with Crippen molar-refractivity contribution in [3.8, 4) is 0 Å². The molecule has 1 aromatic rings. The van der Waals surface area contributed by atoms with E-state index in [0.29, 0.717) is 24.8 Å². The lowest BCUT2D eigenvalue weighted by Crippen LogP contribution is -2.17. The van der Waals surface area contributed by atoms with Crippen molar-refractivity contribution >= 4 is 0 Å². The quantitative estimate of drug-likeness (QED) is 0.891. The summed E-state index contributed by atoms with van der Waals surface area (Å²) in [5.74, 6) is 0. The molecule has 2 fully saturated rings. The van der Waals surface area contributed by atoms with E-state index in [1.807, 2.05) is 0 Å². The van der Waals surface area contributed by atoms with Crippen LogP contribution in [0.15, 0.2) is 12.3 Å². The van der Waals surface area contributed by atoms with Gasteiger partial charge in [-0.1, -0.05) is 12.8 Å². The third-order valence-corrected chi connectivity index (χ3v) is 4.25. The molecule has 1 heterocycles. The number of aromatic nitrogens is 2. The fourth-order valence-electron chi connectivity index (χ4n) is 3.15. The molecule has 4 heteroatoms. The van der Waals surface area contributed by atoms with Crippen LogP contribution in [0.4, 0.5) is 0 Å². The molecule has 0 aliphatic heterocycles. The van der Waals surface area contributed by atoms with Crippen LogP contribution in [-0.4, -0.2) is 21.9 Å². The molecule has 4 nitrogen and oxygen atoms in total. The molecule has 100 valence electrons. The van der Waals surface area contributed by atoms with Crippen LogP contribution < -0.4 is 5.73 Å². The van der Waals surface area contributed by atoms with E-state index in [1.165, 1.54) is 25.7 Å². The molecule has 2 N–H and O–H groups in total. The molecule has 0 aromatic carbocycles. The number of nitrogens with two attached hydrogens (primary N) is 1. The van der Waals surface area contributed by atoms with Crippen LogP contribution >= 0.6 is 0 Å². The summed E-state index contributed by atoms with van der Waals surface area (Å²) in [6.45, 7) is 0.636. The van der Waals surface area contributed by atoms with E-state index in [-0.39, 0.29) is 0 Å². The number of hydrogen-bond donors (Lipinski definition) is 1. The van der Waals surface area contributed by atoms with E-state index in [1.54, 1.807) is 0 Å². The first-order valence-electron chi connectivity index (χ1n) is 7.22. The summed E-state index contributed by atoms with van der Waals surface area (Å²) in [6, 6.07) is 3.05. The summed E-state index contributed by atoms with van der Waals surface area (Å²) in [6.07, 6.45) is 10.9. The Morgan fingerprint density at radius 2 is 2.11 bits per heavy atom. The first kappa shape index (κ1) is 12.2. The van der Waals surface area contributed by atoms with E-state index in [9.17, 15) is 0 Å². The molecule has 0 bridgehead atoms. The van der Waals surface area contributed by atoms with Gasteiger partial charge in [0.1, 0.15) is 0 Å². The molecule has 0 spiro atoms.